The van der Waals surface area contributed by atoms with Gasteiger partial charge in [0.2, 0.25) is 0 Å². The maximum absolute atomic E-state index is 6.52. The van der Waals surface area contributed by atoms with E-state index in [0.29, 0.717) is 5.92 Å². The summed E-state index contributed by atoms with van der Waals surface area (Å²) in [6.45, 7) is 0. The Kier molecular flexibility index (Phi) is 3.55. The van der Waals surface area contributed by atoms with Crippen molar-refractivity contribution in [2.75, 3.05) is 0 Å². The number of hydrogen-bond acceptors (Lipinski definition) is 2. The second-order valence-corrected chi connectivity index (χ2v) is 5.75. The Morgan fingerprint density at radius 2 is 2.00 bits per heavy atom. The number of alkyl halides is 1. The van der Waals surface area contributed by atoms with Crippen LogP contribution in [-0.4, -0.2) is 10.4 Å². The third-order valence-electron chi connectivity index (χ3n) is 3.87. The number of hydrogen-bond donors (Lipinski definition) is 0. The Morgan fingerprint density at radius 1 is 1.22 bits per heavy atom. The van der Waals surface area contributed by atoms with Crippen LogP contribution in [0.3, 0.4) is 0 Å². The average Bonchev–Trinajstić information content (AvgIpc) is 2.82. The molecule has 0 aliphatic heterocycles. The first-order chi connectivity index (χ1) is 8.83. The van der Waals surface area contributed by atoms with Crippen molar-refractivity contribution in [1.82, 2.24) is 4.98 Å². The average molecular weight is 264 g/mol. The molecule has 0 bridgehead atoms. The van der Waals surface area contributed by atoms with Crippen LogP contribution in [0, 0.1) is 5.92 Å². The van der Waals surface area contributed by atoms with Crippen molar-refractivity contribution in [3.63, 3.8) is 0 Å². The topological polar surface area (TPSA) is 26.0 Å². The summed E-state index contributed by atoms with van der Waals surface area (Å²) >= 11 is 6.52. The fourth-order valence-corrected chi connectivity index (χ4v) is 3.22. The van der Waals surface area contributed by atoms with E-state index in [9.17, 15) is 0 Å². The molecule has 1 aliphatic carbocycles. The van der Waals surface area contributed by atoms with Gasteiger partial charge in [-0.3, -0.25) is 0 Å². The highest BCUT2D eigenvalue weighted by Gasteiger charge is 2.23. The highest BCUT2D eigenvalue weighted by Crippen LogP contribution is 2.31. The molecule has 3 heteroatoms. The molecule has 2 aromatic rings. The molecule has 0 radical (unpaired) electrons. The van der Waals surface area contributed by atoms with Crippen LogP contribution >= 0.6 is 11.6 Å². The lowest BCUT2D eigenvalue weighted by Gasteiger charge is -2.25. The number of benzene rings is 1. The maximum Gasteiger partial charge on any atom is 0.196 e. The largest absolute Gasteiger partial charge is 0.441 e. The third-order valence-corrected chi connectivity index (χ3v) is 4.38. The molecule has 0 amide bonds. The van der Waals surface area contributed by atoms with Crippen molar-refractivity contribution < 1.29 is 4.42 Å². The van der Waals surface area contributed by atoms with Crippen molar-refractivity contribution in [2.24, 2.45) is 5.92 Å². The summed E-state index contributed by atoms with van der Waals surface area (Å²) in [5, 5.41) is 0.165. The Hall–Kier alpha value is -1.02. The summed E-state index contributed by atoms with van der Waals surface area (Å²) < 4.78 is 5.73. The Balaban J connectivity index is 1.71. The molecule has 0 spiro atoms. The second kappa shape index (κ2) is 5.31. The predicted octanol–water partition coefficient (Wildman–Crippen LogP) is 4.56. The molecule has 0 saturated heterocycles. The minimum absolute atomic E-state index is 0.165. The highest BCUT2D eigenvalue weighted by atomic mass is 35.5. The van der Waals surface area contributed by atoms with Gasteiger partial charge in [-0.15, -0.1) is 11.6 Å². The van der Waals surface area contributed by atoms with Crippen LogP contribution in [-0.2, 0) is 6.42 Å². The molecule has 1 saturated carbocycles. The molecular weight excluding hydrogens is 246 g/mol. The minimum atomic E-state index is 0.165. The molecule has 1 unspecified atom stereocenters. The summed E-state index contributed by atoms with van der Waals surface area (Å²) in [5.41, 5.74) is 1.79. The first-order valence-corrected chi connectivity index (χ1v) is 7.25. The summed E-state index contributed by atoms with van der Waals surface area (Å²) in [6.07, 6.45) is 7.27. The van der Waals surface area contributed by atoms with Gasteiger partial charge in [0.1, 0.15) is 5.52 Å². The molecule has 1 fully saturated rings. The number of para-hydroxylation sites is 2. The quantitative estimate of drug-likeness (QED) is 0.759. The molecule has 0 N–H and O–H groups in total. The van der Waals surface area contributed by atoms with E-state index in [1.807, 2.05) is 24.3 Å². The Morgan fingerprint density at radius 3 is 2.78 bits per heavy atom. The van der Waals surface area contributed by atoms with Gasteiger partial charge in [-0.05, 0) is 30.9 Å². The first-order valence-electron chi connectivity index (χ1n) is 6.81. The van der Waals surface area contributed by atoms with E-state index < -0.39 is 0 Å². The van der Waals surface area contributed by atoms with Crippen LogP contribution in [0.4, 0.5) is 0 Å². The van der Waals surface area contributed by atoms with Gasteiger partial charge >= 0.3 is 0 Å². The molecular formula is C15H18ClNO. The van der Waals surface area contributed by atoms with E-state index in [1.54, 1.807) is 0 Å². The van der Waals surface area contributed by atoms with Gasteiger partial charge in [0.25, 0.3) is 0 Å². The highest BCUT2D eigenvalue weighted by molar-refractivity contribution is 6.20. The van der Waals surface area contributed by atoms with Crippen LogP contribution in [0.25, 0.3) is 11.1 Å². The smallest absolute Gasteiger partial charge is 0.196 e. The van der Waals surface area contributed by atoms with Crippen LogP contribution in [0.1, 0.15) is 38.0 Å². The number of aromatic nitrogens is 1. The fraction of sp³-hybridized carbons (Fsp3) is 0.533. The molecule has 1 atom stereocenters. The summed E-state index contributed by atoms with van der Waals surface area (Å²) in [6, 6.07) is 7.88. The zero-order chi connectivity index (χ0) is 12.4. The molecule has 3 rings (SSSR count). The summed E-state index contributed by atoms with van der Waals surface area (Å²) in [5.74, 6) is 1.41. The molecule has 18 heavy (non-hydrogen) atoms. The number of oxazole rings is 1. The lowest BCUT2D eigenvalue weighted by Crippen LogP contribution is -2.20. The van der Waals surface area contributed by atoms with E-state index in [2.05, 4.69) is 4.98 Å². The third kappa shape index (κ3) is 2.54. The van der Waals surface area contributed by atoms with Crippen molar-refractivity contribution in [3.05, 3.63) is 30.2 Å². The molecule has 2 nitrogen and oxygen atoms in total. The van der Waals surface area contributed by atoms with Crippen molar-refractivity contribution in [2.45, 2.75) is 43.9 Å². The van der Waals surface area contributed by atoms with E-state index in [-0.39, 0.29) is 5.38 Å². The normalized spacial score (nSPS) is 19.2. The second-order valence-electron chi connectivity index (χ2n) is 5.19. The minimum Gasteiger partial charge on any atom is -0.441 e. The van der Waals surface area contributed by atoms with Crippen LogP contribution in [0.2, 0.25) is 0 Å². The molecule has 1 aromatic heterocycles. The van der Waals surface area contributed by atoms with Gasteiger partial charge in [-0.25, -0.2) is 4.98 Å². The van der Waals surface area contributed by atoms with Gasteiger partial charge in [0, 0.05) is 11.8 Å². The van der Waals surface area contributed by atoms with Gasteiger partial charge in [-0.2, -0.15) is 0 Å². The number of halogens is 1. The lowest BCUT2D eigenvalue weighted by molar-refractivity contribution is 0.335. The number of rotatable bonds is 3. The van der Waals surface area contributed by atoms with E-state index in [1.165, 1.54) is 32.1 Å². The Labute approximate surface area is 112 Å². The zero-order valence-corrected chi connectivity index (χ0v) is 11.2. The standard InChI is InChI=1S/C15H18ClNO/c16-12(11-6-2-1-3-7-11)10-15-17-13-8-4-5-9-14(13)18-15/h4-5,8-9,11-12H,1-3,6-7,10H2. The van der Waals surface area contributed by atoms with Crippen LogP contribution in [0.5, 0.6) is 0 Å². The lowest BCUT2D eigenvalue weighted by atomic mass is 9.86. The molecule has 1 aliphatic rings. The summed E-state index contributed by atoms with van der Waals surface area (Å²) in [4.78, 5) is 4.50. The maximum atomic E-state index is 6.52. The van der Waals surface area contributed by atoms with E-state index >= 15 is 0 Å². The van der Waals surface area contributed by atoms with Crippen molar-refractivity contribution >= 4 is 22.7 Å². The van der Waals surface area contributed by atoms with Gasteiger partial charge in [0.05, 0.1) is 0 Å². The summed E-state index contributed by atoms with van der Waals surface area (Å²) in [7, 11) is 0. The van der Waals surface area contributed by atoms with Crippen molar-refractivity contribution in [1.29, 1.82) is 0 Å². The zero-order valence-electron chi connectivity index (χ0n) is 10.4. The predicted molar refractivity (Wildman–Crippen MR) is 73.9 cm³/mol. The van der Waals surface area contributed by atoms with Crippen LogP contribution in [0.15, 0.2) is 28.7 Å². The molecule has 96 valence electrons. The SMILES string of the molecule is ClC(Cc1nc2ccccc2o1)C1CCCCC1. The van der Waals surface area contributed by atoms with E-state index in [4.69, 9.17) is 16.0 Å². The number of nitrogens with zero attached hydrogens (tertiary/aromatic N) is 1. The first kappa shape index (κ1) is 12.0. The molecule has 1 heterocycles. The van der Waals surface area contributed by atoms with E-state index in [0.717, 1.165) is 23.4 Å². The molecule has 1 aromatic carbocycles. The fourth-order valence-electron chi connectivity index (χ4n) is 2.84. The van der Waals surface area contributed by atoms with Gasteiger partial charge in [0.15, 0.2) is 11.5 Å². The van der Waals surface area contributed by atoms with Crippen LogP contribution < -0.4 is 0 Å². The Bertz CT molecular complexity index is 483. The number of fused-ring (bicyclic) bond motifs is 1. The van der Waals surface area contributed by atoms with Gasteiger partial charge < -0.3 is 4.42 Å². The van der Waals surface area contributed by atoms with Crippen molar-refractivity contribution in [3.8, 4) is 0 Å². The monoisotopic (exact) mass is 263 g/mol. The van der Waals surface area contributed by atoms with Gasteiger partial charge in [-0.1, -0.05) is 31.4 Å².